The normalized spacial score (nSPS) is 14.4. The summed E-state index contributed by atoms with van der Waals surface area (Å²) in [6, 6.07) is 7.59. The molecule has 32 heavy (non-hydrogen) atoms. The van der Waals surface area contributed by atoms with E-state index in [9.17, 15) is 4.79 Å². The molecule has 2 aromatic heterocycles. The Kier molecular flexibility index (Phi) is 6.96. The number of thiazole rings is 1. The van der Waals surface area contributed by atoms with E-state index >= 15 is 0 Å². The van der Waals surface area contributed by atoms with Gasteiger partial charge in [-0.25, -0.2) is 4.98 Å². The van der Waals surface area contributed by atoms with Crippen molar-refractivity contribution in [2.75, 3.05) is 47.5 Å². The van der Waals surface area contributed by atoms with Crippen molar-refractivity contribution in [1.29, 1.82) is 0 Å². The molecule has 9 heteroatoms. The van der Waals surface area contributed by atoms with E-state index in [1.54, 1.807) is 27.6 Å². The Balaban J connectivity index is 1.33. The van der Waals surface area contributed by atoms with Crippen LogP contribution < -0.4 is 14.2 Å². The number of carbonyl (C=O) groups is 1. The standard InChI is InChI=1S/C23H27N3O5S/c1-28-18-7-6-16(21(29-2)22(18)30-3)14-25-8-10-26(11-9-25)20(27)13-17-15-32-23(24-17)19-5-4-12-31-19/h4-7,12,15H,8-11,13-14H2,1-3H3. The Morgan fingerprint density at radius 1 is 1.06 bits per heavy atom. The molecule has 1 aromatic carbocycles. The number of aromatic nitrogens is 1. The molecule has 1 aliphatic rings. The summed E-state index contributed by atoms with van der Waals surface area (Å²) in [5.74, 6) is 2.75. The lowest BCUT2D eigenvalue weighted by Gasteiger charge is -2.35. The van der Waals surface area contributed by atoms with Crippen LogP contribution in [0.1, 0.15) is 11.3 Å². The number of benzene rings is 1. The van der Waals surface area contributed by atoms with Gasteiger partial charge in [-0.3, -0.25) is 9.69 Å². The minimum Gasteiger partial charge on any atom is -0.493 e. The van der Waals surface area contributed by atoms with Gasteiger partial charge in [0.05, 0.1) is 39.7 Å². The van der Waals surface area contributed by atoms with Crippen LogP contribution in [0.4, 0.5) is 0 Å². The van der Waals surface area contributed by atoms with E-state index < -0.39 is 0 Å². The smallest absolute Gasteiger partial charge is 0.228 e. The van der Waals surface area contributed by atoms with Crippen molar-refractivity contribution in [1.82, 2.24) is 14.8 Å². The van der Waals surface area contributed by atoms with Gasteiger partial charge in [-0.15, -0.1) is 11.3 Å². The molecule has 0 atom stereocenters. The Morgan fingerprint density at radius 2 is 1.84 bits per heavy atom. The third-order valence-corrected chi connectivity index (χ3v) is 6.43. The number of amides is 1. The summed E-state index contributed by atoms with van der Waals surface area (Å²) < 4.78 is 21.8. The lowest BCUT2D eigenvalue weighted by atomic mass is 10.1. The monoisotopic (exact) mass is 457 g/mol. The highest BCUT2D eigenvalue weighted by molar-refractivity contribution is 7.13. The maximum atomic E-state index is 12.8. The number of furan rings is 1. The fourth-order valence-corrected chi connectivity index (χ4v) is 4.64. The molecule has 3 aromatic rings. The average molecular weight is 458 g/mol. The topological polar surface area (TPSA) is 77.3 Å². The summed E-state index contributed by atoms with van der Waals surface area (Å²) in [6.07, 6.45) is 1.93. The third-order valence-electron chi connectivity index (χ3n) is 5.52. The van der Waals surface area contributed by atoms with Gasteiger partial charge in [0.2, 0.25) is 11.7 Å². The molecule has 0 spiro atoms. The molecule has 0 aliphatic carbocycles. The number of rotatable bonds is 8. The first-order valence-electron chi connectivity index (χ1n) is 10.4. The molecule has 8 nitrogen and oxygen atoms in total. The zero-order valence-electron chi connectivity index (χ0n) is 18.5. The Labute approximate surface area is 191 Å². The first-order chi connectivity index (χ1) is 15.6. The van der Waals surface area contributed by atoms with Gasteiger partial charge >= 0.3 is 0 Å². The Hall–Kier alpha value is -3.04. The summed E-state index contributed by atoms with van der Waals surface area (Å²) in [7, 11) is 4.85. The highest BCUT2D eigenvalue weighted by Gasteiger charge is 2.24. The van der Waals surface area contributed by atoms with Crippen molar-refractivity contribution in [3.8, 4) is 28.0 Å². The molecule has 4 rings (SSSR count). The summed E-state index contributed by atoms with van der Waals surface area (Å²) in [6.45, 7) is 3.66. The number of carbonyl (C=O) groups excluding carboxylic acids is 1. The minimum absolute atomic E-state index is 0.102. The van der Waals surface area contributed by atoms with E-state index in [4.69, 9.17) is 18.6 Å². The van der Waals surface area contributed by atoms with Gasteiger partial charge in [0.1, 0.15) is 0 Å². The Bertz CT molecular complexity index is 1040. The molecular formula is C23H27N3O5S. The first-order valence-corrected chi connectivity index (χ1v) is 11.3. The quantitative estimate of drug-likeness (QED) is 0.514. The fraction of sp³-hybridized carbons (Fsp3) is 0.391. The second-order valence-electron chi connectivity index (χ2n) is 7.45. The van der Waals surface area contributed by atoms with E-state index in [0.29, 0.717) is 43.3 Å². The molecule has 3 heterocycles. The van der Waals surface area contributed by atoms with Crippen molar-refractivity contribution in [2.24, 2.45) is 0 Å². The molecule has 1 aliphatic heterocycles. The van der Waals surface area contributed by atoms with E-state index in [1.165, 1.54) is 11.3 Å². The summed E-state index contributed by atoms with van der Waals surface area (Å²) in [5.41, 5.74) is 1.81. The fourth-order valence-electron chi connectivity index (χ4n) is 3.85. The molecule has 0 saturated carbocycles. The van der Waals surface area contributed by atoms with E-state index in [2.05, 4.69) is 9.88 Å². The molecule has 1 fully saturated rings. The number of piperazine rings is 1. The predicted molar refractivity (Wildman–Crippen MR) is 121 cm³/mol. The van der Waals surface area contributed by atoms with E-state index in [-0.39, 0.29) is 5.91 Å². The van der Waals surface area contributed by atoms with Crippen LogP contribution in [0.15, 0.2) is 40.3 Å². The van der Waals surface area contributed by atoms with Crippen LogP contribution >= 0.6 is 11.3 Å². The molecule has 1 saturated heterocycles. The SMILES string of the molecule is COc1ccc(CN2CCN(C(=O)Cc3csc(-c4ccco4)n3)CC2)c(OC)c1OC. The number of hydrogen-bond acceptors (Lipinski definition) is 8. The average Bonchev–Trinajstić information content (AvgIpc) is 3.51. The van der Waals surface area contributed by atoms with Crippen LogP contribution in [0.25, 0.3) is 10.8 Å². The second-order valence-corrected chi connectivity index (χ2v) is 8.31. The van der Waals surface area contributed by atoms with Crippen molar-refractivity contribution >= 4 is 17.2 Å². The molecular weight excluding hydrogens is 430 g/mol. The largest absolute Gasteiger partial charge is 0.493 e. The van der Waals surface area contributed by atoms with Gasteiger partial charge in [0, 0.05) is 43.7 Å². The van der Waals surface area contributed by atoms with Gasteiger partial charge < -0.3 is 23.5 Å². The highest BCUT2D eigenvalue weighted by atomic mass is 32.1. The van der Waals surface area contributed by atoms with Crippen LogP contribution in [0.5, 0.6) is 17.2 Å². The summed E-state index contributed by atoms with van der Waals surface area (Å²) >= 11 is 1.49. The maximum Gasteiger partial charge on any atom is 0.228 e. The highest BCUT2D eigenvalue weighted by Crippen LogP contribution is 2.40. The first kappa shape index (κ1) is 22.2. The van der Waals surface area contributed by atoms with Crippen LogP contribution in [0.3, 0.4) is 0 Å². The van der Waals surface area contributed by atoms with Crippen LogP contribution in [0, 0.1) is 0 Å². The third kappa shape index (κ3) is 4.73. The van der Waals surface area contributed by atoms with E-state index in [1.807, 2.05) is 34.5 Å². The van der Waals surface area contributed by atoms with E-state index in [0.717, 1.165) is 35.1 Å². The van der Waals surface area contributed by atoms with Gasteiger partial charge in [0.15, 0.2) is 22.3 Å². The molecule has 170 valence electrons. The predicted octanol–water partition coefficient (Wildman–Crippen LogP) is 3.32. The second kappa shape index (κ2) is 10.1. The lowest BCUT2D eigenvalue weighted by Crippen LogP contribution is -2.48. The Morgan fingerprint density at radius 3 is 2.50 bits per heavy atom. The van der Waals surface area contributed by atoms with Crippen LogP contribution in [-0.2, 0) is 17.8 Å². The van der Waals surface area contributed by atoms with Gasteiger partial charge in [0.25, 0.3) is 0 Å². The van der Waals surface area contributed by atoms with Crippen molar-refractivity contribution in [3.05, 3.63) is 47.2 Å². The number of ether oxygens (including phenoxy) is 3. The summed E-state index contributed by atoms with van der Waals surface area (Å²) in [5, 5.41) is 2.72. The number of nitrogens with zero attached hydrogens (tertiary/aromatic N) is 3. The molecule has 0 bridgehead atoms. The van der Waals surface area contributed by atoms with Gasteiger partial charge in [-0.1, -0.05) is 6.07 Å². The van der Waals surface area contributed by atoms with Crippen LogP contribution in [-0.4, -0.2) is 68.2 Å². The zero-order chi connectivity index (χ0) is 22.5. The number of methoxy groups -OCH3 is 3. The molecule has 1 amide bonds. The maximum absolute atomic E-state index is 12.8. The van der Waals surface area contributed by atoms with Gasteiger partial charge in [-0.05, 0) is 18.2 Å². The molecule has 0 unspecified atom stereocenters. The minimum atomic E-state index is 0.102. The zero-order valence-corrected chi connectivity index (χ0v) is 19.3. The molecule has 0 N–H and O–H groups in total. The van der Waals surface area contributed by atoms with Gasteiger partial charge in [-0.2, -0.15) is 0 Å². The van der Waals surface area contributed by atoms with Crippen molar-refractivity contribution in [2.45, 2.75) is 13.0 Å². The van der Waals surface area contributed by atoms with Crippen LogP contribution in [0.2, 0.25) is 0 Å². The van der Waals surface area contributed by atoms with Crippen molar-refractivity contribution in [3.63, 3.8) is 0 Å². The molecule has 0 radical (unpaired) electrons. The summed E-state index contributed by atoms with van der Waals surface area (Å²) in [4.78, 5) is 21.5. The number of hydrogen-bond donors (Lipinski definition) is 0. The lowest BCUT2D eigenvalue weighted by molar-refractivity contribution is -0.132. The van der Waals surface area contributed by atoms with Crippen molar-refractivity contribution < 1.29 is 23.4 Å².